The number of hydrogen-bond acceptors (Lipinski definition) is 6. The number of rotatable bonds is 7. The number of aromatic nitrogens is 2. The van der Waals surface area contributed by atoms with Crippen LogP contribution in [0.4, 0.5) is 0 Å². The standard InChI is InChI=1S/C15H21N3S3/c1-5-16-13(12-8-6-10(2)7-9-12)11(3)20-15-18-17-14(19-4)21-15/h6-9,11,13,16H,5H2,1-4H3. The molecule has 1 heterocycles. The summed E-state index contributed by atoms with van der Waals surface area (Å²) in [6.07, 6.45) is 2.03. The fraction of sp³-hybridized carbons (Fsp3) is 0.467. The quantitative estimate of drug-likeness (QED) is 0.757. The van der Waals surface area contributed by atoms with Crippen molar-refractivity contribution in [2.24, 2.45) is 0 Å². The first-order valence-electron chi connectivity index (χ1n) is 6.98. The van der Waals surface area contributed by atoms with Crippen LogP contribution in [0.1, 0.15) is 31.0 Å². The first-order valence-corrected chi connectivity index (χ1v) is 9.90. The maximum absolute atomic E-state index is 4.26. The van der Waals surface area contributed by atoms with Crippen LogP contribution in [0, 0.1) is 6.92 Å². The van der Waals surface area contributed by atoms with Crippen molar-refractivity contribution in [2.45, 2.75) is 40.7 Å². The topological polar surface area (TPSA) is 37.8 Å². The maximum atomic E-state index is 4.26. The van der Waals surface area contributed by atoms with E-state index in [9.17, 15) is 0 Å². The molecule has 114 valence electrons. The van der Waals surface area contributed by atoms with E-state index in [-0.39, 0.29) is 0 Å². The summed E-state index contributed by atoms with van der Waals surface area (Å²) in [7, 11) is 0. The number of nitrogens with one attached hydrogen (secondary N) is 1. The van der Waals surface area contributed by atoms with Crippen molar-refractivity contribution in [3.05, 3.63) is 35.4 Å². The highest BCUT2D eigenvalue weighted by atomic mass is 32.2. The molecule has 0 bridgehead atoms. The summed E-state index contributed by atoms with van der Waals surface area (Å²) >= 11 is 5.12. The van der Waals surface area contributed by atoms with E-state index >= 15 is 0 Å². The average molecular weight is 340 g/mol. The molecule has 0 saturated heterocycles. The van der Waals surface area contributed by atoms with Crippen LogP contribution >= 0.6 is 34.9 Å². The van der Waals surface area contributed by atoms with Crippen LogP contribution in [-0.2, 0) is 0 Å². The molecule has 0 spiro atoms. The van der Waals surface area contributed by atoms with E-state index in [2.05, 4.69) is 60.6 Å². The van der Waals surface area contributed by atoms with E-state index < -0.39 is 0 Å². The monoisotopic (exact) mass is 339 g/mol. The highest BCUT2D eigenvalue weighted by Crippen LogP contribution is 2.35. The van der Waals surface area contributed by atoms with Crippen LogP contribution in [-0.4, -0.2) is 28.2 Å². The van der Waals surface area contributed by atoms with Gasteiger partial charge in [-0.15, -0.1) is 10.2 Å². The minimum atomic E-state index is 0.322. The maximum Gasteiger partial charge on any atom is 0.175 e. The van der Waals surface area contributed by atoms with Crippen LogP contribution < -0.4 is 5.32 Å². The van der Waals surface area contributed by atoms with Gasteiger partial charge in [0.25, 0.3) is 0 Å². The molecule has 0 amide bonds. The number of thioether (sulfide) groups is 2. The summed E-state index contributed by atoms with van der Waals surface area (Å²) in [5.41, 5.74) is 2.63. The second-order valence-electron chi connectivity index (χ2n) is 4.81. The Morgan fingerprint density at radius 2 is 1.86 bits per heavy atom. The molecule has 3 nitrogen and oxygen atoms in total. The molecule has 1 aromatic heterocycles. The van der Waals surface area contributed by atoms with Crippen molar-refractivity contribution >= 4 is 34.9 Å². The Bertz CT molecular complexity index is 554. The molecule has 0 aliphatic rings. The van der Waals surface area contributed by atoms with Crippen molar-refractivity contribution in [3.63, 3.8) is 0 Å². The summed E-state index contributed by atoms with van der Waals surface area (Å²) in [4.78, 5) is 0. The van der Waals surface area contributed by atoms with Gasteiger partial charge in [-0.2, -0.15) is 0 Å². The number of hydrogen-bond donors (Lipinski definition) is 1. The molecule has 0 aliphatic carbocycles. The third-order valence-electron chi connectivity index (χ3n) is 3.18. The lowest BCUT2D eigenvalue weighted by Gasteiger charge is -2.24. The van der Waals surface area contributed by atoms with E-state index in [1.807, 2.05) is 6.26 Å². The van der Waals surface area contributed by atoms with Gasteiger partial charge in [-0.25, -0.2) is 0 Å². The summed E-state index contributed by atoms with van der Waals surface area (Å²) in [5.74, 6) is 0. The Morgan fingerprint density at radius 3 is 2.43 bits per heavy atom. The summed E-state index contributed by atoms with van der Waals surface area (Å²) < 4.78 is 2.07. The zero-order valence-electron chi connectivity index (χ0n) is 12.8. The van der Waals surface area contributed by atoms with Gasteiger partial charge in [0, 0.05) is 11.3 Å². The van der Waals surface area contributed by atoms with Crippen LogP contribution in [0.2, 0.25) is 0 Å². The normalized spacial score (nSPS) is 14.1. The molecule has 2 unspecified atom stereocenters. The molecule has 2 rings (SSSR count). The number of nitrogens with zero attached hydrogens (tertiary/aromatic N) is 2. The van der Waals surface area contributed by atoms with Crippen LogP contribution in [0.3, 0.4) is 0 Å². The summed E-state index contributed by atoms with van der Waals surface area (Å²) in [6.45, 7) is 7.47. The van der Waals surface area contributed by atoms with Crippen LogP contribution in [0.15, 0.2) is 32.9 Å². The molecule has 1 aromatic carbocycles. The van der Waals surface area contributed by atoms with Gasteiger partial charge in [-0.1, -0.05) is 78.5 Å². The molecule has 21 heavy (non-hydrogen) atoms. The van der Waals surface area contributed by atoms with Crippen LogP contribution in [0.5, 0.6) is 0 Å². The van der Waals surface area contributed by atoms with E-state index in [1.165, 1.54) is 11.1 Å². The van der Waals surface area contributed by atoms with Gasteiger partial charge in [-0.05, 0) is 25.3 Å². The molecule has 0 aliphatic heterocycles. The molecule has 2 atom stereocenters. The highest BCUT2D eigenvalue weighted by Gasteiger charge is 2.21. The zero-order chi connectivity index (χ0) is 15.2. The van der Waals surface area contributed by atoms with Crippen LogP contribution in [0.25, 0.3) is 0 Å². The molecule has 2 aromatic rings. The van der Waals surface area contributed by atoms with E-state index in [0.717, 1.165) is 15.2 Å². The predicted molar refractivity (Wildman–Crippen MR) is 94.6 cm³/mol. The van der Waals surface area contributed by atoms with Gasteiger partial charge >= 0.3 is 0 Å². The molecule has 6 heteroatoms. The smallest absolute Gasteiger partial charge is 0.175 e. The molecule has 0 fully saturated rings. The first kappa shape index (κ1) is 16.8. The van der Waals surface area contributed by atoms with E-state index in [1.54, 1.807) is 34.9 Å². The van der Waals surface area contributed by atoms with Gasteiger partial charge in [0.1, 0.15) is 0 Å². The van der Waals surface area contributed by atoms with E-state index in [0.29, 0.717) is 11.3 Å². The van der Waals surface area contributed by atoms with Gasteiger partial charge in [-0.3, -0.25) is 0 Å². The Morgan fingerprint density at radius 1 is 1.19 bits per heavy atom. The van der Waals surface area contributed by atoms with Crippen molar-refractivity contribution in [1.82, 2.24) is 15.5 Å². The minimum Gasteiger partial charge on any atom is -0.309 e. The second kappa shape index (κ2) is 8.17. The Labute approximate surface area is 139 Å². The lowest BCUT2D eigenvalue weighted by atomic mass is 10.0. The summed E-state index contributed by atoms with van der Waals surface area (Å²) in [6, 6.07) is 9.10. The fourth-order valence-corrected chi connectivity index (χ4v) is 4.95. The molecule has 1 N–H and O–H groups in total. The lowest BCUT2D eigenvalue weighted by Crippen LogP contribution is -2.28. The summed E-state index contributed by atoms with van der Waals surface area (Å²) in [5, 5.41) is 12.4. The number of aryl methyl sites for hydroxylation is 1. The Balaban J connectivity index is 2.11. The second-order valence-corrected chi connectivity index (χ2v) is 8.46. The van der Waals surface area contributed by atoms with Crippen molar-refractivity contribution in [3.8, 4) is 0 Å². The minimum absolute atomic E-state index is 0.322. The molecular weight excluding hydrogens is 318 g/mol. The molecule has 0 saturated carbocycles. The Hall–Kier alpha value is -0.560. The SMILES string of the molecule is CCNC(c1ccc(C)cc1)C(C)Sc1nnc(SC)s1. The lowest BCUT2D eigenvalue weighted by molar-refractivity contribution is 0.548. The van der Waals surface area contributed by atoms with Gasteiger partial charge in [0.15, 0.2) is 8.68 Å². The Kier molecular flexibility index (Phi) is 6.54. The largest absolute Gasteiger partial charge is 0.309 e. The van der Waals surface area contributed by atoms with Gasteiger partial charge in [0.05, 0.1) is 0 Å². The highest BCUT2D eigenvalue weighted by molar-refractivity contribution is 8.03. The zero-order valence-corrected chi connectivity index (χ0v) is 15.2. The third kappa shape index (κ3) is 4.71. The first-order chi connectivity index (χ1) is 10.1. The molecular formula is C15H21N3S3. The van der Waals surface area contributed by atoms with Gasteiger partial charge < -0.3 is 5.32 Å². The fourth-order valence-electron chi connectivity index (χ4n) is 2.10. The van der Waals surface area contributed by atoms with Crippen molar-refractivity contribution in [2.75, 3.05) is 12.8 Å². The predicted octanol–water partition coefficient (Wildman–Crippen LogP) is 4.40. The third-order valence-corrected chi connectivity index (χ3v) is 6.34. The van der Waals surface area contributed by atoms with Crippen molar-refractivity contribution in [1.29, 1.82) is 0 Å². The van der Waals surface area contributed by atoms with Crippen molar-refractivity contribution < 1.29 is 0 Å². The van der Waals surface area contributed by atoms with Gasteiger partial charge in [0.2, 0.25) is 0 Å². The average Bonchev–Trinajstić information content (AvgIpc) is 2.93. The molecule has 0 radical (unpaired) electrons. The number of benzene rings is 1. The van der Waals surface area contributed by atoms with E-state index in [4.69, 9.17) is 0 Å².